The first-order chi connectivity index (χ1) is 26.8. The average Bonchev–Trinajstić information content (AvgIpc) is 4.03. The summed E-state index contributed by atoms with van der Waals surface area (Å²) in [6.45, 7) is 7.29. The fraction of sp³-hybridized carbons (Fsp3) is 0.694. The third-order valence-corrected chi connectivity index (χ3v) is 16.4. The number of nitrogens with zero attached hydrogens (tertiary/aromatic N) is 1. The van der Waals surface area contributed by atoms with Crippen LogP contribution < -0.4 is 0 Å². The molecule has 10 atom stereocenters. The van der Waals surface area contributed by atoms with E-state index in [-0.39, 0.29) is 35.8 Å². The second-order valence-electron chi connectivity index (χ2n) is 19.2. The maximum Gasteiger partial charge on any atom is 0.343 e. The molecule has 1 aromatic carbocycles. The molecule has 4 heterocycles. The number of allylic oxidation sites excluding steroid dienone is 2. The molecule has 1 spiro atoms. The zero-order valence-corrected chi connectivity index (χ0v) is 34.1. The van der Waals surface area contributed by atoms with E-state index in [9.17, 15) is 9.90 Å². The summed E-state index contributed by atoms with van der Waals surface area (Å²) in [5.74, 6) is 5.64. The maximum absolute atomic E-state index is 13.1. The molecule has 8 aliphatic rings. The van der Waals surface area contributed by atoms with Crippen molar-refractivity contribution in [1.29, 1.82) is 0 Å². The van der Waals surface area contributed by atoms with E-state index in [2.05, 4.69) is 61.2 Å². The monoisotopic (exact) mass is 750 g/mol. The van der Waals surface area contributed by atoms with Crippen LogP contribution in [0.5, 0.6) is 0 Å². The van der Waals surface area contributed by atoms with Gasteiger partial charge in [0.05, 0.1) is 18.8 Å². The Morgan fingerprint density at radius 1 is 1.04 bits per heavy atom. The average molecular weight is 750 g/mol. The van der Waals surface area contributed by atoms with Crippen LogP contribution in [0.1, 0.15) is 141 Å². The van der Waals surface area contributed by atoms with E-state index in [1.807, 2.05) is 0 Å². The highest BCUT2D eigenvalue weighted by Gasteiger charge is 2.63. The SMILES string of the molecule is CCCCCc1cccc([C@H]2[C@@H]3C[C@@H]4[C@H]5C(=CCCN4[C@H]([C@@H](O)[C@H]4C=CC[C@@H](C6CCCC6)C4)[C@H]3CC23CCCC3)OC(=C2OC(=O)C(C)=C2OC)[C@H]5C)c1. The smallest absolute Gasteiger partial charge is 0.343 e. The molecule has 1 N–H and O–H groups in total. The van der Waals surface area contributed by atoms with Gasteiger partial charge in [0.1, 0.15) is 5.76 Å². The first-order valence-electron chi connectivity index (χ1n) is 22.6. The molecule has 2 saturated heterocycles. The minimum atomic E-state index is -0.396. The molecule has 0 amide bonds. The number of fused-ring (bicyclic) bond motifs is 4. The molecule has 6 heteroatoms. The van der Waals surface area contributed by atoms with Crippen LogP contribution in [0.3, 0.4) is 0 Å². The Morgan fingerprint density at radius 3 is 2.64 bits per heavy atom. The number of carbonyl (C=O) groups excluding carboxylic acids is 1. The quantitative estimate of drug-likeness (QED) is 0.154. The van der Waals surface area contributed by atoms with Gasteiger partial charge in [-0.25, -0.2) is 4.79 Å². The Labute approximate surface area is 330 Å². The third-order valence-electron chi connectivity index (χ3n) is 16.4. The Hall–Kier alpha value is -2.83. The minimum absolute atomic E-state index is 0.00792. The molecule has 9 rings (SSSR count). The number of piperidine rings is 1. The van der Waals surface area contributed by atoms with Crippen molar-refractivity contribution in [2.75, 3.05) is 13.7 Å². The van der Waals surface area contributed by atoms with Gasteiger partial charge in [-0.2, -0.15) is 0 Å². The van der Waals surface area contributed by atoms with Gasteiger partial charge >= 0.3 is 5.97 Å². The Kier molecular flexibility index (Phi) is 10.6. The molecule has 6 nitrogen and oxygen atoms in total. The van der Waals surface area contributed by atoms with Gasteiger partial charge in [-0.05, 0) is 117 Å². The van der Waals surface area contributed by atoms with E-state index >= 15 is 0 Å². The van der Waals surface area contributed by atoms with E-state index in [1.54, 1.807) is 19.6 Å². The summed E-state index contributed by atoms with van der Waals surface area (Å²) in [7, 11) is 1.61. The topological polar surface area (TPSA) is 68.2 Å². The summed E-state index contributed by atoms with van der Waals surface area (Å²) in [5, 5.41) is 13.1. The Balaban J connectivity index is 1.12. The number of esters is 1. The summed E-state index contributed by atoms with van der Waals surface area (Å²) in [4.78, 5) is 15.6. The molecular weight excluding hydrogens is 683 g/mol. The molecule has 1 aromatic rings. The highest BCUT2D eigenvalue weighted by molar-refractivity contribution is 5.93. The number of hydrogen-bond donors (Lipinski definition) is 1. The predicted octanol–water partition coefficient (Wildman–Crippen LogP) is 10.5. The van der Waals surface area contributed by atoms with Crippen LogP contribution in [0.2, 0.25) is 0 Å². The second kappa shape index (κ2) is 15.5. The number of unbranched alkanes of at least 4 members (excludes halogenated alkanes) is 2. The Morgan fingerprint density at radius 2 is 1.85 bits per heavy atom. The molecule has 55 heavy (non-hydrogen) atoms. The van der Waals surface area contributed by atoms with Gasteiger partial charge in [-0.3, -0.25) is 4.90 Å². The van der Waals surface area contributed by atoms with Gasteiger partial charge in [-0.15, -0.1) is 0 Å². The van der Waals surface area contributed by atoms with Gasteiger partial charge in [0.2, 0.25) is 5.76 Å². The van der Waals surface area contributed by atoms with Crippen molar-refractivity contribution in [3.8, 4) is 0 Å². The lowest BCUT2D eigenvalue weighted by atomic mass is 9.65. The van der Waals surface area contributed by atoms with E-state index < -0.39 is 6.10 Å². The number of methoxy groups -OCH3 is 1. The summed E-state index contributed by atoms with van der Waals surface area (Å²) in [5.41, 5.74) is 3.86. The zero-order valence-electron chi connectivity index (χ0n) is 34.1. The van der Waals surface area contributed by atoms with Crippen LogP contribution in [0.25, 0.3) is 0 Å². The lowest BCUT2D eigenvalue weighted by molar-refractivity contribution is -0.133. The van der Waals surface area contributed by atoms with Gasteiger partial charge < -0.3 is 19.3 Å². The Bertz CT molecular complexity index is 1730. The van der Waals surface area contributed by atoms with Gasteiger partial charge in [0.25, 0.3) is 0 Å². The van der Waals surface area contributed by atoms with E-state index in [0.29, 0.717) is 46.2 Å². The standard InChI is InChI=1S/C49H67NO5/c1-5-6-7-15-32-16-12-20-35(26-32)42-37-28-39-41-30(2)46(47-45(53-4)31(3)48(52)55-47)54-40(41)22-14-25-50(39)43(38(37)29-49(42)23-10-11-24-49)44(51)36-21-13-19-34(27-36)33-17-8-9-18-33/h12-13,16,20-22,26,30,33-34,36-39,41-44,51H,5-11,14-15,17-19,23-25,27-29H2,1-4H3/t30-,34+,36-,37+,38-,39+,41-,42-,43-,44-/m0/s1. The molecule has 5 fully saturated rings. The number of rotatable bonds is 9. The van der Waals surface area contributed by atoms with E-state index in [1.165, 1.54) is 89.0 Å². The highest BCUT2D eigenvalue weighted by Crippen LogP contribution is 2.67. The summed E-state index contributed by atoms with van der Waals surface area (Å²) in [6, 6.07) is 10.1. The molecule has 4 aliphatic carbocycles. The molecule has 0 aromatic heterocycles. The molecular formula is C49H67NO5. The van der Waals surface area contributed by atoms with Crippen molar-refractivity contribution in [2.45, 2.75) is 154 Å². The fourth-order valence-corrected chi connectivity index (χ4v) is 14.0. The molecule has 0 radical (unpaired) electrons. The largest absolute Gasteiger partial charge is 0.492 e. The fourth-order valence-electron chi connectivity index (χ4n) is 14.0. The first-order valence-corrected chi connectivity index (χ1v) is 22.6. The number of ether oxygens (including phenoxy) is 3. The van der Waals surface area contributed by atoms with Crippen LogP contribution in [0.15, 0.2) is 71.1 Å². The predicted molar refractivity (Wildman–Crippen MR) is 216 cm³/mol. The number of cyclic esters (lactones) is 1. The number of aryl methyl sites for hydroxylation is 1. The van der Waals surface area contributed by atoms with Crippen molar-refractivity contribution in [1.82, 2.24) is 4.90 Å². The van der Waals surface area contributed by atoms with Crippen LogP contribution >= 0.6 is 0 Å². The van der Waals surface area contributed by atoms with Crippen molar-refractivity contribution < 1.29 is 24.1 Å². The van der Waals surface area contributed by atoms with Crippen LogP contribution in [-0.2, 0) is 25.4 Å². The maximum atomic E-state index is 13.1. The number of aliphatic hydroxyl groups excluding tert-OH is 1. The zero-order chi connectivity index (χ0) is 37.8. The van der Waals surface area contributed by atoms with E-state index in [4.69, 9.17) is 14.2 Å². The second-order valence-corrected chi connectivity index (χ2v) is 19.2. The summed E-state index contributed by atoms with van der Waals surface area (Å²) >= 11 is 0. The van der Waals surface area contributed by atoms with Crippen LogP contribution in [0, 0.1) is 46.8 Å². The van der Waals surface area contributed by atoms with Crippen molar-refractivity contribution in [3.63, 3.8) is 0 Å². The van der Waals surface area contributed by atoms with Crippen molar-refractivity contribution in [2.24, 2.45) is 46.8 Å². The number of hydrogen-bond acceptors (Lipinski definition) is 6. The number of carbonyl (C=O) groups is 1. The third kappa shape index (κ3) is 6.58. The van der Waals surface area contributed by atoms with Crippen molar-refractivity contribution in [3.05, 3.63) is 82.2 Å². The minimum Gasteiger partial charge on any atom is -0.492 e. The first kappa shape index (κ1) is 37.7. The molecule has 3 saturated carbocycles. The summed E-state index contributed by atoms with van der Waals surface area (Å²) in [6.07, 6.45) is 28.0. The number of benzene rings is 1. The molecule has 0 bridgehead atoms. The molecule has 298 valence electrons. The van der Waals surface area contributed by atoms with Crippen LogP contribution in [0.4, 0.5) is 0 Å². The lowest BCUT2D eigenvalue weighted by Crippen LogP contribution is -2.61. The lowest BCUT2D eigenvalue weighted by Gasteiger charge is -2.53. The van der Waals surface area contributed by atoms with Gasteiger partial charge in [-0.1, -0.05) is 102 Å². The number of aliphatic hydroxyl groups is 1. The van der Waals surface area contributed by atoms with E-state index in [0.717, 1.165) is 49.7 Å². The van der Waals surface area contributed by atoms with Crippen molar-refractivity contribution >= 4 is 5.97 Å². The normalized spacial score (nSPS) is 37.7. The van der Waals surface area contributed by atoms with Crippen LogP contribution in [-0.4, -0.2) is 47.8 Å². The highest BCUT2D eigenvalue weighted by atomic mass is 16.6. The van der Waals surface area contributed by atoms with Gasteiger partial charge in [0.15, 0.2) is 11.5 Å². The molecule has 0 unspecified atom stereocenters. The molecule has 4 aliphatic heterocycles. The summed E-state index contributed by atoms with van der Waals surface area (Å²) < 4.78 is 18.5. The van der Waals surface area contributed by atoms with Gasteiger partial charge in [0, 0.05) is 36.4 Å².